The van der Waals surface area contributed by atoms with Gasteiger partial charge >= 0.3 is 12.0 Å². The molecule has 2 N–H and O–H groups in total. The molecule has 0 fully saturated rings. The van der Waals surface area contributed by atoms with Crippen LogP contribution in [-0.2, 0) is 4.79 Å². The van der Waals surface area contributed by atoms with E-state index in [0.29, 0.717) is 17.7 Å². The number of carbonyl (C=O) groups excluding carboxylic acids is 1. The number of hydrogen-bond donors (Lipinski definition) is 2. The first-order valence-corrected chi connectivity index (χ1v) is 6.21. The lowest BCUT2D eigenvalue weighted by atomic mass is 10.1. The number of anilines is 1. The Labute approximate surface area is 117 Å². The summed E-state index contributed by atoms with van der Waals surface area (Å²) in [7, 11) is 1.56. The molecule has 0 spiro atoms. The second kappa shape index (κ2) is 7.14. The van der Waals surface area contributed by atoms with Crippen LogP contribution in [0.1, 0.15) is 18.9 Å². The van der Waals surface area contributed by atoms with Crippen LogP contribution < -0.4 is 10.2 Å². The number of rotatable bonds is 5. The van der Waals surface area contributed by atoms with Gasteiger partial charge in [0.2, 0.25) is 0 Å². The van der Waals surface area contributed by atoms with E-state index in [2.05, 4.69) is 5.32 Å². The summed E-state index contributed by atoms with van der Waals surface area (Å²) < 4.78 is 0. The van der Waals surface area contributed by atoms with Gasteiger partial charge in [0, 0.05) is 13.6 Å². The number of amides is 2. The number of urea groups is 1. The van der Waals surface area contributed by atoms with Crippen LogP contribution >= 0.6 is 0 Å². The van der Waals surface area contributed by atoms with Crippen LogP contribution in [-0.4, -0.2) is 30.7 Å². The van der Waals surface area contributed by atoms with E-state index in [1.54, 1.807) is 38.2 Å². The number of para-hydroxylation sites is 1. The number of hydrogen-bond acceptors (Lipinski definition) is 3. The van der Waals surface area contributed by atoms with Crippen LogP contribution in [0.2, 0.25) is 0 Å². The molecule has 1 aromatic rings. The van der Waals surface area contributed by atoms with Gasteiger partial charge in [0.25, 0.3) is 0 Å². The minimum atomic E-state index is -0.887. The minimum absolute atomic E-state index is 0.269. The summed E-state index contributed by atoms with van der Waals surface area (Å²) in [6.07, 6.45) is 0.356. The number of nitrogens with zero attached hydrogens (tertiary/aromatic N) is 2. The molecule has 1 rings (SSSR count). The monoisotopic (exact) mass is 275 g/mol. The summed E-state index contributed by atoms with van der Waals surface area (Å²) in [5.41, 5.74) is 0.919. The number of carbonyl (C=O) groups is 2. The Bertz CT molecular complexity index is 537. The highest BCUT2D eigenvalue weighted by atomic mass is 16.4. The predicted molar refractivity (Wildman–Crippen MR) is 74.4 cm³/mol. The summed E-state index contributed by atoms with van der Waals surface area (Å²) >= 11 is 0. The van der Waals surface area contributed by atoms with Gasteiger partial charge in [0.05, 0.1) is 17.2 Å². The Balaban J connectivity index is 2.60. The average Bonchev–Trinajstić information content (AvgIpc) is 2.45. The molecule has 0 aliphatic heterocycles. The fraction of sp³-hybridized carbons (Fsp3) is 0.357. The highest BCUT2D eigenvalue weighted by Gasteiger charge is 2.15. The second-order valence-electron chi connectivity index (χ2n) is 4.45. The molecule has 1 atom stereocenters. The lowest BCUT2D eigenvalue weighted by molar-refractivity contribution is -0.141. The molecule has 0 aliphatic carbocycles. The first-order chi connectivity index (χ1) is 9.47. The van der Waals surface area contributed by atoms with Crippen molar-refractivity contribution in [3.63, 3.8) is 0 Å². The first-order valence-electron chi connectivity index (χ1n) is 6.21. The van der Waals surface area contributed by atoms with Gasteiger partial charge in [-0.2, -0.15) is 5.26 Å². The molecule has 20 heavy (non-hydrogen) atoms. The van der Waals surface area contributed by atoms with Gasteiger partial charge in [-0.3, -0.25) is 9.69 Å². The molecule has 1 unspecified atom stereocenters. The molecule has 2 amide bonds. The zero-order valence-electron chi connectivity index (χ0n) is 11.5. The predicted octanol–water partition coefficient (Wildman–Crippen LogP) is 1.81. The van der Waals surface area contributed by atoms with Crippen LogP contribution in [0.25, 0.3) is 0 Å². The summed E-state index contributed by atoms with van der Waals surface area (Å²) in [6, 6.07) is 8.43. The van der Waals surface area contributed by atoms with Gasteiger partial charge in [-0.25, -0.2) is 4.79 Å². The largest absolute Gasteiger partial charge is 0.481 e. The van der Waals surface area contributed by atoms with Crippen molar-refractivity contribution in [1.82, 2.24) is 5.32 Å². The lowest BCUT2D eigenvalue weighted by Crippen LogP contribution is -2.38. The van der Waals surface area contributed by atoms with E-state index in [4.69, 9.17) is 10.4 Å². The second-order valence-corrected chi connectivity index (χ2v) is 4.45. The van der Waals surface area contributed by atoms with Crippen molar-refractivity contribution in [1.29, 1.82) is 5.26 Å². The third-order valence-corrected chi connectivity index (χ3v) is 2.97. The van der Waals surface area contributed by atoms with Crippen molar-refractivity contribution in [3.8, 4) is 6.07 Å². The Morgan fingerprint density at radius 3 is 2.70 bits per heavy atom. The SMILES string of the molecule is CC(CCNC(=O)N(C)c1ccccc1C#N)C(=O)O. The maximum absolute atomic E-state index is 11.9. The molecular formula is C14H17N3O3. The zero-order valence-corrected chi connectivity index (χ0v) is 11.5. The molecule has 0 bridgehead atoms. The molecular weight excluding hydrogens is 258 g/mol. The van der Waals surface area contributed by atoms with Gasteiger partial charge in [-0.1, -0.05) is 19.1 Å². The van der Waals surface area contributed by atoms with E-state index in [-0.39, 0.29) is 12.6 Å². The van der Waals surface area contributed by atoms with Crippen molar-refractivity contribution >= 4 is 17.7 Å². The van der Waals surface area contributed by atoms with Gasteiger partial charge in [-0.15, -0.1) is 0 Å². The Kier molecular flexibility index (Phi) is 5.54. The molecule has 0 radical (unpaired) electrons. The van der Waals surface area contributed by atoms with Crippen LogP contribution in [0.5, 0.6) is 0 Å². The standard InChI is InChI=1S/C14H17N3O3/c1-10(13(18)19)7-8-16-14(20)17(2)12-6-4-3-5-11(12)9-15/h3-6,10H,7-8H2,1-2H3,(H,16,20)(H,18,19). The topological polar surface area (TPSA) is 93.4 Å². The Morgan fingerprint density at radius 1 is 1.45 bits per heavy atom. The van der Waals surface area contributed by atoms with Crippen molar-refractivity contribution < 1.29 is 14.7 Å². The average molecular weight is 275 g/mol. The van der Waals surface area contributed by atoms with Crippen LogP contribution in [0.3, 0.4) is 0 Å². The van der Waals surface area contributed by atoms with Gasteiger partial charge in [-0.05, 0) is 18.6 Å². The number of nitriles is 1. The van der Waals surface area contributed by atoms with Gasteiger partial charge < -0.3 is 10.4 Å². The minimum Gasteiger partial charge on any atom is -0.481 e. The number of benzene rings is 1. The van der Waals surface area contributed by atoms with E-state index in [0.717, 1.165) is 0 Å². The zero-order chi connectivity index (χ0) is 15.1. The molecule has 106 valence electrons. The van der Waals surface area contributed by atoms with Crippen LogP contribution in [0, 0.1) is 17.2 Å². The normalized spacial score (nSPS) is 11.2. The summed E-state index contributed by atoms with van der Waals surface area (Å²) in [5, 5.41) is 20.4. The van der Waals surface area contributed by atoms with Crippen LogP contribution in [0.15, 0.2) is 24.3 Å². The number of nitrogens with one attached hydrogen (secondary N) is 1. The Morgan fingerprint density at radius 2 is 2.10 bits per heavy atom. The van der Waals surface area contributed by atoms with Crippen molar-refractivity contribution in [2.24, 2.45) is 5.92 Å². The van der Waals surface area contributed by atoms with E-state index in [9.17, 15) is 9.59 Å². The Hall–Kier alpha value is -2.55. The van der Waals surface area contributed by atoms with Crippen molar-refractivity contribution in [2.45, 2.75) is 13.3 Å². The van der Waals surface area contributed by atoms with Gasteiger partial charge in [0.15, 0.2) is 0 Å². The fourth-order valence-corrected chi connectivity index (χ4v) is 1.61. The third kappa shape index (κ3) is 3.99. The van der Waals surface area contributed by atoms with Crippen molar-refractivity contribution in [3.05, 3.63) is 29.8 Å². The van der Waals surface area contributed by atoms with Crippen LogP contribution in [0.4, 0.5) is 10.5 Å². The lowest BCUT2D eigenvalue weighted by Gasteiger charge is -2.19. The van der Waals surface area contributed by atoms with E-state index < -0.39 is 11.9 Å². The third-order valence-electron chi connectivity index (χ3n) is 2.97. The maximum atomic E-state index is 11.9. The number of aliphatic carboxylic acids is 1. The van der Waals surface area contributed by atoms with E-state index >= 15 is 0 Å². The molecule has 6 nitrogen and oxygen atoms in total. The highest BCUT2D eigenvalue weighted by molar-refractivity contribution is 5.92. The molecule has 1 aromatic carbocycles. The molecule has 0 aliphatic rings. The first kappa shape index (κ1) is 15.5. The summed E-state index contributed by atoms with van der Waals surface area (Å²) in [6.45, 7) is 1.86. The van der Waals surface area contributed by atoms with E-state index in [1.807, 2.05) is 6.07 Å². The fourth-order valence-electron chi connectivity index (χ4n) is 1.61. The van der Waals surface area contributed by atoms with Crippen molar-refractivity contribution in [2.75, 3.05) is 18.5 Å². The highest BCUT2D eigenvalue weighted by Crippen LogP contribution is 2.17. The maximum Gasteiger partial charge on any atom is 0.321 e. The molecule has 0 heterocycles. The number of carboxylic acids is 1. The molecule has 0 aromatic heterocycles. The smallest absolute Gasteiger partial charge is 0.321 e. The van der Waals surface area contributed by atoms with E-state index in [1.165, 1.54) is 4.90 Å². The summed E-state index contributed by atoms with van der Waals surface area (Å²) in [5.74, 6) is -1.39. The number of carboxylic acid groups (broad SMARTS) is 1. The van der Waals surface area contributed by atoms with Gasteiger partial charge in [0.1, 0.15) is 6.07 Å². The molecule has 0 saturated carbocycles. The molecule has 0 saturated heterocycles. The quantitative estimate of drug-likeness (QED) is 0.857. The summed E-state index contributed by atoms with van der Waals surface area (Å²) in [4.78, 5) is 23.9. The molecule has 6 heteroatoms.